The average Bonchev–Trinajstić information content (AvgIpc) is 2.78. The molecule has 17 heavy (non-hydrogen) atoms. The summed E-state index contributed by atoms with van der Waals surface area (Å²) in [5, 5.41) is 4.81. The number of Topliss-reactive ketones (excluding diaryl/α,β-unsaturated/α-hetero) is 1. The summed E-state index contributed by atoms with van der Waals surface area (Å²) in [4.78, 5) is 15.7. The van der Waals surface area contributed by atoms with E-state index in [4.69, 9.17) is 23.2 Å². The van der Waals surface area contributed by atoms with Crippen LogP contribution in [0, 0.1) is 0 Å². The summed E-state index contributed by atoms with van der Waals surface area (Å²) in [6.45, 7) is 0.484. The van der Waals surface area contributed by atoms with E-state index in [1.54, 1.807) is 29.2 Å². The van der Waals surface area contributed by atoms with Gasteiger partial charge >= 0.3 is 0 Å². The summed E-state index contributed by atoms with van der Waals surface area (Å²) >= 11 is 11.7. The van der Waals surface area contributed by atoms with Gasteiger partial charge in [0.1, 0.15) is 12.7 Å². The first kappa shape index (κ1) is 12.1. The molecule has 1 heterocycles. The summed E-state index contributed by atoms with van der Waals surface area (Å²) in [6, 6.07) is 4.84. The Bertz CT molecular complexity index is 526. The van der Waals surface area contributed by atoms with Gasteiger partial charge < -0.3 is 0 Å². The lowest BCUT2D eigenvalue weighted by molar-refractivity contribution is 0.0976. The zero-order valence-electron chi connectivity index (χ0n) is 8.81. The molecule has 0 unspecified atom stereocenters. The molecule has 2 rings (SSSR count). The molecule has 6 heteroatoms. The molecule has 0 aliphatic carbocycles. The highest BCUT2D eigenvalue weighted by molar-refractivity contribution is 6.36. The second-order valence-corrected chi connectivity index (χ2v) is 4.30. The van der Waals surface area contributed by atoms with Crippen LogP contribution in [0.5, 0.6) is 0 Å². The maximum absolute atomic E-state index is 11.9. The van der Waals surface area contributed by atoms with E-state index >= 15 is 0 Å². The first-order valence-electron chi connectivity index (χ1n) is 4.97. The number of aromatic nitrogens is 3. The van der Waals surface area contributed by atoms with Crippen molar-refractivity contribution < 1.29 is 4.79 Å². The maximum atomic E-state index is 11.9. The van der Waals surface area contributed by atoms with Gasteiger partial charge in [-0.3, -0.25) is 9.48 Å². The SMILES string of the molecule is O=C(CCn1cncn1)c1ccc(Cl)cc1Cl. The van der Waals surface area contributed by atoms with Crippen molar-refractivity contribution in [2.24, 2.45) is 0 Å². The second kappa shape index (κ2) is 5.29. The van der Waals surface area contributed by atoms with E-state index in [1.165, 1.54) is 6.33 Å². The number of carbonyl (C=O) groups is 1. The van der Waals surface area contributed by atoms with Crippen molar-refractivity contribution in [2.75, 3.05) is 0 Å². The summed E-state index contributed by atoms with van der Waals surface area (Å²) in [6.07, 6.45) is 3.32. The van der Waals surface area contributed by atoms with Crippen molar-refractivity contribution in [2.45, 2.75) is 13.0 Å². The molecule has 0 saturated heterocycles. The Labute approximate surface area is 108 Å². The van der Waals surface area contributed by atoms with Crippen LogP contribution in [0.2, 0.25) is 10.0 Å². The summed E-state index contributed by atoms with van der Waals surface area (Å²) < 4.78 is 1.60. The highest BCUT2D eigenvalue weighted by atomic mass is 35.5. The number of hydrogen-bond donors (Lipinski definition) is 0. The van der Waals surface area contributed by atoms with Crippen LogP contribution < -0.4 is 0 Å². The van der Waals surface area contributed by atoms with E-state index < -0.39 is 0 Å². The molecule has 0 N–H and O–H groups in total. The highest BCUT2D eigenvalue weighted by Crippen LogP contribution is 2.22. The highest BCUT2D eigenvalue weighted by Gasteiger charge is 2.10. The smallest absolute Gasteiger partial charge is 0.166 e. The molecule has 0 aliphatic heterocycles. The van der Waals surface area contributed by atoms with Gasteiger partial charge in [-0.1, -0.05) is 23.2 Å². The van der Waals surface area contributed by atoms with Crippen LogP contribution in [-0.2, 0) is 6.54 Å². The number of halogens is 2. The van der Waals surface area contributed by atoms with Gasteiger partial charge in [-0.2, -0.15) is 5.10 Å². The number of carbonyl (C=O) groups excluding carboxylic acids is 1. The van der Waals surface area contributed by atoms with Gasteiger partial charge in [-0.05, 0) is 18.2 Å². The number of aryl methyl sites for hydroxylation is 1. The zero-order valence-corrected chi connectivity index (χ0v) is 10.3. The van der Waals surface area contributed by atoms with Crippen LogP contribution in [0.15, 0.2) is 30.9 Å². The summed E-state index contributed by atoms with van der Waals surface area (Å²) in [5.74, 6) is -0.0397. The fraction of sp³-hybridized carbons (Fsp3) is 0.182. The molecule has 0 spiro atoms. The molecule has 0 fully saturated rings. The minimum atomic E-state index is -0.0397. The first-order valence-corrected chi connectivity index (χ1v) is 5.73. The van der Waals surface area contributed by atoms with Crippen molar-refractivity contribution in [3.63, 3.8) is 0 Å². The standard InChI is InChI=1S/C11H9Cl2N3O/c12-8-1-2-9(10(13)5-8)11(17)3-4-16-7-14-6-15-16/h1-2,5-7H,3-4H2. The van der Waals surface area contributed by atoms with Crippen molar-refractivity contribution in [3.8, 4) is 0 Å². The van der Waals surface area contributed by atoms with Crippen LogP contribution in [0.3, 0.4) is 0 Å². The summed E-state index contributed by atoms with van der Waals surface area (Å²) in [5.41, 5.74) is 0.483. The molecule has 2 aromatic rings. The molecule has 0 amide bonds. The third kappa shape index (κ3) is 3.05. The number of benzene rings is 1. The van der Waals surface area contributed by atoms with Crippen LogP contribution in [0.1, 0.15) is 16.8 Å². The van der Waals surface area contributed by atoms with Gasteiger partial charge in [0.2, 0.25) is 0 Å². The Morgan fingerprint density at radius 1 is 1.35 bits per heavy atom. The van der Waals surface area contributed by atoms with Gasteiger partial charge in [0.25, 0.3) is 0 Å². The topological polar surface area (TPSA) is 47.8 Å². The Morgan fingerprint density at radius 2 is 2.18 bits per heavy atom. The molecule has 1 aromatic heterocycles. The third-order valence-electron chi connectivity index (χ3n) is 2.27. The van der Waals surface area contributed by atoms with Crippen LogP contribution in [0.4, 0.5) is 0 Å². The normalized spacial score (nSPS) is 10.5. The lowest BCUT2D eigenvalue weighted by atomic mass is 10.1. The molecule has 1 aromatic carbocycles. The predicted octanol–water partition coefficient (Wildman–Crippen LogP) is 2.86. The fourth-order valence-corrected chi connectivity index (χ4v) is 1.93. The van der Waals surface area contributed by atoms with E-state index in [0.717, 1.165) is 0 Å². The Morgan fingerprint density at radius 3 is 2.82 bits per heavy atom. The van der Waals surface area contributed by atoms with Crippen LogP contribution in [0.25, 0.3) is 0 Å². The minimum Gasteiger partial charge on any atom is -0.294 e. The van der Waals surface area contributed by atoms with Gasteiger partial charge in [-0.15, -0.1) is 0 Å². The molecular weight excluding hydrogens is 261 g/mol. The second-order valence-electron chi connectivity index (χ2n) is 3.46. The Kier molecular flexibility index (Phi) is 3.76. The van der Waals surface area contributed by atoms with E-state index in [0.29, 0.717) is 28.6 Å². The van der Waals surface area contributed by atoms with Gasteiger partial charge in [0.05, 0.1) is 5.02 Å². The molecule has 0 atom stereocenters. The van der Waals surface area contributed by atoms with E-state index in [1.807, 2.05) is 0 Å². The van der Waals surface area contributed by atoms with Crippen molar-refractivity contribution >= 4 is 29.0 Å². The van der Waals surface area contributed by atoms with Crippen molar-refractivity contribution in [1.29, 1.82) is 0 Å². The van der Waals surface area contributed by atoms with Crippen LogP contribution in [-0.4, -0.2) is 20.5 Å². The molecule has 4 nitrogen and oxygen atoms in total. The predicted molar refractivity (Wildman–Crippen MR) is 65.4 cm³/mol. The molecule has 88 valence electrons. The Hall–Kier alpha value is -1.39. The van der Waals surface area contributed by atoms with E-state index in [2.05, 4.69) is 10.1 Å². The van der Waals surface area contributed by atoms with Gasteiger partial charge in [0.15, 0.2) is 5.78 Å². The number of ketones is 1. The van der Waals surface area contributed by atoms with Crippen molar-refractivity contribution in [1.82, 2.24) is 14.8 Å². The molecule has 0 bridgehead atoms. The summed E-state index contributed by atoms with van der Waals surface area (Å²) in [7, 11) is 0. The fourth-order valence-electron chi connectivity index (χ4n) is 1.41. The quantitative estimate of drug-likeness (QED) is 0.802. The minimum absolute atomic E-state index is 0.0397. The van der Waals surface area contributed by atoms with Gasteiger partial charge in [0, 0.05) is 23.6 Å². The Balaban J connectivity index is 2.04. The zero-order chi connectivity index (χ0) is 12.3. The van der Waals surface area contributed by atoms with E-state index in [9.17, 15) is 4.79 Å². The number of rotatable bonds is 4. The molecule has 0 radical (unpaired) electrons. The molecule has 0 aliphatic rings. The number of hydrogen-bond acceptors (Lipinski definition) is 3. The lowest BCUT2D eigenvalue weighted by Crippen LogP contribution is -2.07. The lowest BCUT2D eigenvalue weighted by Gasteiger charge is -2.04. The van der Waals surface area contributed by atoms with Crippen LogP contribution >= 0.6 is 23.2 Å². The first-order chi connectivity index (χ1) is 8.16. The van der Waals surface area contributed by atoms with Gasteiger partial charge in [-0.25, -0.2) is 4.98 Å². The third-order valence-corrected chi connectivity index (χ3v) is 2.81. The maximum Gasteiger partial charge on any atom is 0.166 e. The largest absolute Gasteiger partial charge is 0.294 e. The molecule has 0 saturated carbocycles. The van der Waals surface area contributed by atoms with E-state index in [-0.39, 0.29) is 5.78 Å². The monoisotopic (exact) mass is 269 g/mol. The number of nitrogens with zero attached hydrogens (tertiary/aromatic N) is 3. The van der Waals surface area contributed by atoms with Crippen molar-refractivity contribution in [3.05, 3.63) is 46.5 Å². The average molecular weight is 270 g/mol. The molecular formula is C11H9Cl2N3O.